The fraction of sp³-hybridized carbons (Fsp3) is 0.0213. The molecule has 2 aliphatic rings. The third kappa shape index (κ3) is 4.52. The lowest BCUT2D eigenvalue weighted by molar-refractivity contribution is 0.436. The van der Waals surface area contributed by atoms with Gasteiger partial charge in [-0.05, 0) is 75.8 Å². The summed E-state index contributed by atoms with van der Waals surface area (Å²) in [5.74, 6) is 3.28. The maximum absolute atomic E-state index is 10.1. The number of nitrogens with zero attached hydrogens (tertiary/aromatic N) is 4. The summed E-state index contributed by atoms with van der Waals surface area (Å²) in [5.41, 5.74) is 11.2. The molecule has 0 radical (unpaired) electrons. The number of benzene rings is 7. The molecular formula is C47H28N4O. The lowest BCUT2D eigenvalue weighted by atomic mass is 9.65. The highest BCUT2D eigenvalue weighted by Gasteiger charge is 2.51. The van der Waals surface area contributed by atoms with Crippen LogP contribution in [0.15, 0.2) is 170 Å². The van der Waals surface area contributed by atoms with Gasteiger partial charge in [0, 0.05) is 27.8 Å². The fourth-order valence-electron chi connectivity index (χ4n) is 7.93. The molecule has 1 spiro atoms. The van der Waals surface area contributed by atoms with Gasteiger partial charge in [0.2, 0.25) is 0 Å². The molecule has 2 heterocycles. The molecule has 0 saturated carbocycles. The molecule has 5 nitrogen and oxygen atoms in total. The Kier molecular flexibility index (Phi) is 6.70. The Balaban J connectivity index is 1.22. The Morgan fingerprint density at radius 3 is 1.75 bits per heavy atom. The Morgan fingerprint density at radius 2 is 0.981 bits per heavy atom. The minimum absolute atomic E-state index is 0.558. The Morgan fingerprint density at radius 1 is 0.404 bits per heavy atom. The lowest BCUT2D eigenvalue weighted by Gasteiger charge is -2.39. The average Bonchev–Trinajstić information content (AvgIpc) is 3.51. The van der Waals surface area contributed by atoms with Crippen LogP contribution in [0.4, 0.5) is 0 Å². The highest BCUT2D eigenvalue weighted by atomic mass is 16.5. The maximum Gasteiger partial charge on any atom is 0.164 e. The number of rotatable bonds is 4. The highest BCUT2D eigenvalue weighted by Crippen LogP contribution is 2.62. The molecule has 1 aliphatic carbocycles. The molecule has 5 heteroatoms. The molecule has 10 rings (SSSR count). The Labute approximate surface area is 301 Å². The smallest absolute Gasteiger partial charge is 0.164 e. The van der Waals surface area contributed by atoms with Gasteiger partial charge in [-0.1, -0.05) is 127 Å². The van der Waals surface area contributed by atoms with Crippen molar-refractivity contribution in [2.75, 3.05) is 0 Å². The van der Waals surface area contributed by atoms with E-state index in [1.807, 2.05) is 97.1 Å². The molecule has 0 saturated heterocycles. The first-order valence-electron chi connectivity index (χ1n) is 17.2. The van der Waals surface area contributed by atoms with Crippen LogP contribution in [0, 0.1) is 11.3 Å². The van der Waals surface area contributed by atoms with Crippen LogP contribution in [-0.4, -0.2) is 15.0 Å². The van der Waals surface area contributed by atoms with Gasteiger partial charge in [-0.3, -0.25) is 0 Å². The number of para-hydroxylation sites is 1. The van der Waals surface area contributed by atoms with Crippen LogP contribution in [0.1, 0.15) is 27.8 Å². The topological polar surface area (TPSA) is 71.7 Å². The predicted molar refractivity (Wildman–Crippen MR) is 204 cm³/mol. The van der Waals surface area contributed by atoms with Crippen LogP contribution in [0.3, 0.4) is 0 Å². The maximum atomic E-state index is 10.1. The summed E-state index contributed by atoms with van der Waals surface area (Å²) in [7, 11) is 0. The van der Waals surface area contributed by atoms with Crippen molar-refractivity contribution in [2.24, 2.45) is 0 Å². The molecule has 52 heavy (non-hydrogen) atoms. The monoisotopic (exact) mass is 664 g/mol. The largest absolute Gasteiger partial charge is 0.457 e. The minimum Gasteiger partial charge on any atom is -0.457 e. The van der Waals surface area contributed by atoms with Gasteiger partial charge in [0.1, 0.15) is 11.5 Å². The van der Waals surface area contributed by atoms with Crippen LogP contribution < -0.4 is 4.74 Å². The fourth-order valence-corrected chi connectivity index (χ4v) is 7.93. The molecule has 7 aromatic carbocycles. The summed E-state index contributed by atoms with van der Waals surface area (Å²) < 4.78 is 6.66. The summed E-state index contributed by atoms with van der Waals surface area (Å²) in [5, 5.41) is 10.1. The van der Waals surface area contributed by atoms with E-state index in [1.54, 1.807) is 0 Å². The van der Waals surface area contributed by atoms with Crippen LogP contribution >= 0.6 is 0 Å². The van der Waals surface area contributed by atoms with Crippen molar-refractivity contribution in [2.45, 2.75) is 5.41 Å². The highest BCUT2D eigenvalue weighted by molar-refractivity contribution is 5.89. The van der Waals surface area contributed by atoms with Crippen molar-refractivity contribution in [1.29, 1.82) is 5.26 Å². The lowest BCUT2D eigenvalue weighted by Crippen LogP contribution is -2.32. The number of nitriles is 1. The molecule has 1 aliphatic heterocycles. The van der Waals surface area contributed by atoms with Gasteiger partial charge in [-0.15, -0.1) is 0 Å². The van der Waals surface area contributed by atoms with Crippen molar-refractivity contribution in [3.8, 4) is 74.0 Å². The van der Waals surface area contributed by atoms with Gasteiger partial charge >= 0.3 is 0 Å². The number of fused-ring (bicyclic) bond motifs is 9. The third-order valence-corrected chi connectivity index (χ3v) is 10.2. The van der Waals surface area contributed by atoms with E-state index in [2.05, 4.69) is 78.9 Å². The second-order valence-electron chi connectivity index (χ2n) is 13.1. The van der Waals surface area contributed by atoms with Gasteiger partial charge in [-0.25, -0.2) is 15.0 Å². The molecule has 0 bridgehead atoms. The van der Waals surface area contributed by atoms with Crippen LogP contribution in [-0.2, 0) is 5.41 Å². The molecule has 1 unspecified atom stereocenters. The third-order valence-electron chi connectivity index (χ3n) is 10.2. The van der Waals surface area contributed by atoms with E-state index in [4.69, 9.17) is 19.7 Å². The van der Waals surface area contributed by atoms with Crippen molar-refractivity contribution in [3.63, 3.8) is 0 Å². The number of aromatic nitrogens is 3. The number of hydrogen-bond acceptors (Lipinski definition) is 5. The van der Waals surface area contributed by atoms with Crippen molar-refractivity contribution in [1.82, 2.24) is 15.0 Å². The van der Waals surface area contributed by atoms with Crippen LogP contribution in [0.2, 0.25) is 0 Å². The molecule has 1 aromatic heterocycles. The van der Waals surface area contributed by atoms with E-state index in [9.17, 15) is 5.26 Å². The summed E-state index contributed by atoms with van der Waals surface area (Å²) in [4.78, 5) is 15.3. The number of hydrogen-bond donors (Lipinski definition) is 0. The van der Waals surface area contributed by atoms with Gasteiger partial charge in [0.25, 0.3) is 0 Å². The molecule has 0 amide bonds. The summed E-state index contributed by atoms with van der Waals surface area (Å²) in [6.45, 7) is 0. The molecule has 1 atom stereocenters. The molecular weight excluding hydrogens is 637 g/mol. The second kappa shape index (κ2) is 11.7. The van der Waals surface area contributed by atoms with Crippen molar-refractivity contribution >= 4 is 0 Å². The van der Waals surface area contributed by atoms with E-state index in [0.29, 0.717) is 23.0 Å². The average molecular weight is 665 g/mol. The van der Waals surface area contributed by atoms with Crippen molar-refractivity contribution < 1.29 is 4.74 Å². The predicted octanol–water partition coefficient (Wildman–Crippen LogP) is 10.9. The summed E-state index contributed by atoms with van der Waals surface area (Å²) in [6, 6.07) is 60.1. The first-order chi connectivity index (χ1) is 25.7. The zero-order valence-corrected chi connectivity index (χ0v) is 27.9. The molecule has 0 fully saturated rings. The summed E-state index contributed by atoms with van der Waals surface area (Å²) in [6.07, 6.45) is 0. The minimum atomic E-state index is -0.735. The van der Waals surface area contributed by atoms with Crippen LogP contribution in [0.25, 0.3) is 56.4 Å². The van der Waals surface area contributed by atoms with Gasteiger partial charge in [0.05, 0.1) is 17.0 Å². The zero-order chi connectivity index (χ0) is 34.6. The normalized spacial score (nSPS) is 14.8. The summed E-state index contributed by atoms with van der Waals surface area (Å²) >= 11 is 0. The van der Waals surface area contributed by atoms with E-state index >= 15 is 0 Å². The standard InChI is InChI=1S/C47H28N4O/c48-29-30-22-24-37-36-18-7-8-19-38(36)47(40(37)26-30)39-20-9-10-21-42(39)52-43-25-23-35(28-41(43)47)46-50-44(32-14-5-2-6-15-32)49-45(51-46)34-17-11-16-33(27-34)31-12-3-1-4-13-31/h1-28H. The van der Waals surface area contributed by atoms with Gasteiger partial charge in [0.15, 0.2) is 17.5 Å². The zero-order valence-electron chi connectivity index (χ0n) is 27.9. The van der Waals surface area contributed by atoms with E-state index in [-0.39, 0.29) is 0 Å². The Bertz CT molecular complexity index is 2740. The first kappa shape index (κ1) is 29.7. The SMILES string of the molecule is N#Cc1ccc2c(c1)C1(c3ccccc3Oc3ccc(-c4nc(-c5ccccc5)nc(-c5cccc(-c6ccccc6)c5)n4)cc31)c1ccccc1-2. The second-order valence-corrected chi connectivity index (χ2v) is 13.1. The van der Waals surface area contributed by atoms with E-state index in [1.165, 1.54) is 0 Å². The quantitative estimate of drug-likeness (QED) is 0.187. The molecule has 242 valence electrons. The molecule has 8 aromatic rings. The van der Waals surface area contributed by atoms with Gasteiger partial charge < -0.3 is 4.74 Å². The van der Waals surface area contributed by atoms with Crippen LogP contribution in [0.5, 0.6) is 11.5 Å². The molecule has 0 N–H and O–H groups in total. The van der Waals surface area contributed by atoms with Gasteiger partial charge in [-0.2, -0.15) is 5.26 Å². The van der Waals surface area contributed by atoms with E-state index in [0.717, 1.165) is 72.7 Å². The Hall–Kier alpha value is -7.16. The number of ether oxygens (including phenoxy) is 1. The van der Waals surface area contributed by atoms with Crippen molar-refractivity contribution in [3.05, 3.63) is 198 Å². The van der Waals surface area contributed by atoms with E-state index < -0.39 is 5.41 Å². The first-order valence-corrected chi connectivity index (χ1v) is 17.2.